The van der Waals surface area contributed by atoms with E-state index >= 15 is 0 Å². The van der Waals surface area contributed by atoms with Crippen molar-refractivity contribution in [2.45, 2.75) is 26.8 Å². The zero-order valence-corrected chi connectivity index (χ0v) is 9.58. The molecule has 2 rings (SSSR count). The van der Waals surface area contributed by atoms with Crippen LogP contribution in [0.1, 0.15) is 25.1 Å². The largest absolute Gasteiger partial charge is 0.357 e. The zero-order valence-electron chi connectivity index (χ0n) is 9.58. The van der Waals surface area contributed by atoms with Crippen LogP contribution < -0.4 is 10.2 Å². The molecule has 1 aliphatic rings. The summed E-state index contributed by atoms with van der Waals surface area (Å²) < 4.78 is 0. The number of hydrogen-bond acceptors (Lipinski definition) is 3. The number of hydrogen-bond donors (Lipinski definition) is 1. The summed E-state index contributed by atoms with van der Waals surface area (Å²) in [5, 5.41) is 3.36. The molecule has 1 aliphatic heterocycles. The van der Waals surface area contributed by atoms with E-state index in [2.05, 4.69) is 36.2 Å². The SMILES string of the molecule is CCN(CC)c1ccc2c(n1)CCNC2. The predicted octanol–water partition coefficient (Wildman–Crippen LogP) is 1.57. The Labute approximate surface area is 91.5 Å². The van der Waals surface area contributed by atoms with Gasteiger partial charge in [-0.15, -0.1) is 0 Å². The van der Waals surface area contributed by atoms with Crippen LogP contribution in [0.3, 0.4) is 0 Å². The molecule has 0 saturated carbocycles. The minimum absolute atomic E-state index is 0.973. The minimum atomic E-state index is 0.973. The van der Waals surface area contributed by atoms with Gasteiger partial charge in [0.1, 0.15) is 5.82 Å². The third-order valence-corrected chi connectivity index (χ3v) is 3.00. The van der Waals surface area contributed by atoms with Crippen LogP contribution in [0.15, 0.2) is 12.1 Å². The molecule has 0 fully saturated rings. The highest BCUT2D eigenvalue weighted by Crippen LogP contribution is 2.17. The van der Waals surface area contributed by atoms with Crippen LogP contribution >= 0.6 is 0 Å². The number of rotatable bonds is 3. The van der Waals surface area contributed by atoms with Gasteiger partial charge in [-0.1, -0.05) is 6.07 Å². The normalized spacial score (nSPS) is 14.8. The molecule has 0 aliphatic carbocycles. The van der Waals surface area contributed by atoms with Crippen LogP contribution in [0.25, 0.3) is 0 Å². The number of fused-ring (bicyclic) bond motifs is 1. The highest BCUT2D eigenvalue weighted by molar-refractivity contribution is 5.42. The molecular formula is C12H19N3. The molecule has 0 atom stereocenters. The Bertz CT molecular complexity index is 332. The molecule has 2 heterocycles. The molecule has 3 heteroatoms. The summed E-state index contributed by atoms with van der Waals surface area (Å²) in [4.78, 5) is 7.04. The standard InChI is InChI=1S/C12H19N3/c1-3-15(4-2)12-6-5-10-9-13-8-7-11(10)14-12/h5-6,13H,3-4,7-9H2,1-2H3. The van der Waals surface area contributed by atoms with Gasteiger partial charge >= 0.3 is 0 Å². The second kappa shape index (κ2) is 4.62. The molecule has 1 N–H and O–H groups in total. The average molecular weight is 205 g/mol. The lowest BCUT2D eigenvalue weighted by Gasteiger charge is -2.23. The third-order valence-electron chi connectivity index (χ3n) is 3.00. The summed E-state index contributed by atoms with van der Waals surface area (Å²) in [6.45, 7) is 8.43. The lowest BCUT2D eigenvalue weighted by molar-refractivity contribution is 0.629. The van der Waals surface area contributed by atoms with Crippen molar-refractivity contribution in [2.24, 2.45) is 0 Å². The monoisotopic (exact) mass is 205 g/mol. The lowest BCUT2D eigenvalue weighted by atomic mass is 10.1. The Morgan fingerprint density at radius 2 is 2.13 bits per heavy atom. The van der Waals surface area contributed by atoms with Crippen LogP contribution in [-0.4, -0.2) is 24.6 Å². The molecule has 0 unspecified atom stereocenters. The first kappa shape index (κ1) is 10.4. The van der Waals surface area contributed by atoms with E-state index in [1.807, 2.05) is 0 Å². The summed E-state index contributed by atoms with van der Waals surface area (Å²) in [6, 6.07) is 4.35. The van der Waals surface area contributed by atoms with Crippen molar-refractivity contribution < 1.29 is 0 Å². The maximum Gasteiger partial charge on any atom is 0.128 e. The maximum absolute atomic E-state index is 4.74. The van der Waals surface area contributed by atoms with Crippen molar-refractivity contribution >= 4 is 5.82 Å². The first-order valence-electron chi connectivity index (χ1n) is 5.79. The van der Waals surface area contributed by atoms with Crippen LogP contribution in [0.2, 0.25) is 0 Å². The van der Waals surface area contributed by atoms with Gasteiger partial charge in [0.05, 0.1) is 0 Å². The summed E-state index contributed by atoms with van der Waals surface area (Å²) in [6.07, 6.45) is 1.06. The van der Waals surface area contributed by atoms with Gasteiger partial charge in [-0.3, -0.25) is 0 Å². The molecule has 82 valence electrons. The number of nitrogens with zero attached hydrogens (tertiary/aromatic N) is 2. The number of aromatic nitrogens is 1. The molecule has 0 spiro atoms. The summed E-state index contributed by atoms with van der Waals surface area (Å²) in [5.41, 5.74) is 2.63. The van der Waals surface area contributed by atoms with E-state index in [1.54, 1.807) is 0 Å². The first-order chi connectivity index (χ1) is 7.35. The molecular weight excluding hydrogens is 186 g/mol. The van der Waals surface area contributed by atoms with E-state index in [9.17, 15) is 0 Å². The van der Waals surface area contributed by atoms with E-state index in [-0.39, 0.29) is 0 Å². The fourth-order valence-electron chi connectivity index (χ4n) is 2.05. The highest BCUT2D eigenvalue weighted by atomic mass is 15.2. The Hall–Kier alpha value is -1.09. The topological polar surface area (TPSA) is 28.2 Å². The van der Waals surface area contributed by atoms with Crippen molar-refractivity contribution in [3.8, 4) is 0 Å². The molecule has 0 aromatic carbocycles. The van der Waals surface area contributed by atoms with Gasteiger partial charge in [0.15, 0.2) is 0 Å². The maximum atomic E-state index is 4.74. The van der Waals surface area contributed by atoms with E-state index in [1.165, 1.54) is 11.3 Å². The van der Waals surface area contributed by atoms with Gasteiger partial charge in [-0.25, -0.2) is 4.98 Å². The van der Waals surface area contributed by atoms with Gasteiger partial charge in [-0.2, -0.15) is 0 Å². The average Bonchev–Trinajstić information content (AvgIpc) is 2.30. The number of anilines is 1. The second-order valence-electron chi connectivity index (χ2n) is 3.87. The molecule has 0 bridgehead atoms. The van der Waals surface area contributed by atoms with Crippen LogP contribution in [0.5, 0.6) is 0 Å². The first-order valence-corrected chi connectivity index (χ1v) is 5.79. The van der Waals surface area contributed by atoms with E-state index in [4.69, 9.17) is 4.98 Å². The van der Waals surface area contributed by atoms with Crippen molar-refractivity contribution in [1.82, 2.24) is 10.3 Å². The molecule has 0 amide bonds. The van der Waals surface area contributed by atoms with Crippen molar-refractivity contribution in [2.75, 3.05) is 24.5 Å². The fourth-order valence-corrected chi connectivity index (χ4v) is 2.05. The molecule has 3 nitrogen and oxygen atoms in total. The van der Waals surface area contributed by atoms with Gasteiger partial charge in [0, 0.05) is 38.3 Å². The quantitative estimate of drug-likeness (QED) is 0.812. The zero-order chi connectivity index (χ0) is 10.7. The summed E-state index contributed by atoms with van der Waals surface area (Å²) >= 11 is 0. The predicted molar refractivity (Wildman–Crippen MR) is 63.2 cm³/mol. The van der Waals surface area contributed by atoms with Gasteiger partial charge < -0.3 is 10.2 Å². The number of pyridine rings is 1. The molecule has 1 aromatic heterocycles. The second-order valence-corrected chi connectivity index (χ2v) is 3.87. The van der Waals surface area contributed by atoms with Gasteiger partial charge in [0.25, 0.3) is 0 Å². The van der Waals surface area contributed by atoms with E-state index < -0.39 is 0 Å². The Balaban J connectivity index is 2.27. The van der Waals surface area contributed by atoms with Crippen molar-refractivity contribution in [3.63, 3.8) is 0 Å². The van der Waals surface area contributed by atoms with Crippen LogP contribution in [-0.2, 0) is 13.0 Å². The third kappa shape index (κ3) is 2.12. The van der Waals surface area contributed by atoms with Crippen molar-refractivity contribution in [1.29, 1.82) is 0 Å². The minimum Gasteiger partial charge on any atom is -0.357 e. The molecule has 15 heavy (non-hydrogen) atoms. The van der Waals surface area contributed by atoms with Crippen LogP contribution in [0, 0.1) is 0 Å². The molecule has 1 aromatic rings. The summed E-state index contributed by atoms with van der Waals surface area (Å²) in [7, 11) is 0. The lowest BCUT2D eigenvalue weighted by Crippen LogP contribution is -2.27. The highest BCUT2D eigenvalue weighted by Gasteiger charge is 2.12. The smallest absolute Gasteiger partial charge is 0.128 e. The van der Waals surface area contributed by atoms with Gasteiger partial charge in [-0.05, 0) is 25.5 Å². The molecule has 0 radical (unpaired) electrons. The molecule has 0 saturated heterocycles. The van der Waals surface area contributed by atoms with E-state index in [0.717, 1.165) is 38.4 Å². The van der Waals surface area contributed by atoms with E-state index in [0.29, 0.717) is 0 Å². The summed E-state index contributed by atoms with van der Waals surface area (Å²) in [5.74, 6) is 1.13. The Kier molecular flexibility index (Phi) is 3.21. The van der Waals surface area contributed by atoms with Crippen molar-refractivity contribution in [3.05, 3.63) is 23.4 Å². The Morgan fingerprint density at radius 1 is 1.33 bits per heavy atom. The Morgan fingerprint density at radius 3 is 2.87 bits per heavy atom. The van der Waals surface area contributed by atoms with Crippen LogP contribution in [0.4, 0.5) is 5.82 Å². The fraction of sp³-hybridized carbons (Fsp3) is 0.583. The van der Waals surface area contributed by atoms with Gasteiger partial charge in [0.2, 0.25) is 0 Å². The number of nitrogens with one attached hydrogen (secondary N) is 1.